The van der Waals surface area contributed by atoms with E-state index in [1.54, 1.807) is 0 Å². The number of hydrogen-bond donors (Lipinski definition) is 1. The fourth-order valence-electron chi connectivity index (χ4n) is 1.84. The minimum Gasteiger partial charge on any atom is -0.380 e. The molecule has 0 atom stereocenters. The molecule has 1 fully saturated rings. The minimum absolute atomic E-state index is 0.635. The highest BCUT2D eigenvalue weighted by molar-refractivity contribution is 4.62. The first kappa shape index (κ1) is 14.9. The summed E-state index contributed by atoms with van der Waals surface area (Å²) in [5.41, 5.74) is 0. The third kappa shape index (κ3) is 8.55. The molecule has 1 rings (SSSR count). The molecule has 1 aliphatic rings. The van der Waals surface area contributed by atoms with E-state index >= 15 is 0 Å². The van der Waals surface area contributed by atoms with E-state index in [0.29, 0.717) is 5.92 Å². The normalized spacial score (nSPS) is 17.8. The Balaban J connectivity index is 1.78. The van der Waals surface area contributed by atoms with Crippen LogP contribution < -0.4 is 5.32 Å². The van der Waals surface area contributed by atoms with E-state index in [0.717, 1.165) is 52.6 Å². The summed E-state index contributed by atoms with van der Waals surface area (Å²) in [6.45, 7) is 13.3. The molecular formula is C13H28N2O2. The lowest BCUT2D eigenvalue weighted by molar-refractivity contribution is 0.0373. The van der Waals surface area contributed by atoms with Gasteiger partial charge in [0, 0.05) is 26.2 Å². The van der Waals surface area contributed by atoms with Crippen LogP contribution in [0.5, 0.6) is 0 Å². The summed E-state index contributed by atoms with van der Waals surface area (Å²) < 4.78 is 10.8. The first-order chi connectivity index (χ1) is 8.29. The smallest absolute Gasteiger partial charge is 0.0594 e. The quantitative estimate of drug-likeness (QED) is 0.613. The molecule has 0 aromatic carbocycles. The molecule has 0 spiro atoms. The van der Waals surface area contributed by atoms with Crippen LogP contribution in [0.3, 0.4) is 0 Å². The predicted octanol–water partition coefficient (Wildman–Crippen LogP) is 0.971. The van der Waals surface area contributed by atoms with Crippen molar-refractivity contribution in [3.05, 3.63) is 0 Å². The van der Waals surface area contributed by atoms with Crippen LogP contribution in [-0.4, -0.2) is 64.1 Å². The summed E-state index contributed by atoms with van der Waals surface area (Å²) in [6, 6.07) is 0. The van der Waals surface area contributed by atoms with Crippen molar-refractivity contribution in [1.29, 1.82) is 0 Å². The summed E-state index contributed by atoms with van der Waals surface area (Å²) in [5.74, 6) is 0.635. The number of ether oxygens (including phenoxy) is 2. The Morgan fingerprint density at radius 1 is 1.24 bits per heavy atom. The molecule has 0 amide bonds. The van der Waals surface area contributed by atoms with Crippen molar-refractivity contribution in [1.82, 2.24) is 10.2 Å². The predicted molar refractivity (Wildman–Crippen MR) is 70.4 cm³/mol. The van der Waals surface area contributed by atoms with E-state index in [9.17, 15) is 0 Å². The highest BCUT2D eigenvalue weighted by Gasteiger charge is 2.08. The van der Waals surface area contributed by atoms with Crippen LogP contribution in [0.4, 0.5) is 0 Å². The molecule has 0 aromatic rings. The molecule has 4 nitrogen and oxygen atoms in total. The molecule has 0 unspecified atom stereocenters. The van der Waals surface area contributed by atoms with E-state index < -0.39 is 0 Å². The molecule has 102 valence electrons. The second kappa shape index (κ2) is 9.83. The highest BCUT2D eigenvalue weighted by atomic mass is 16.5. The third-order valence-electron chi connectivity index (χ3n) is 2.81. The Morgan fingerprint density at radius 3 is 2.71 bits per heavy atom. The van der Waals surface area contributed by atoms with Gasteiger partial charge in [0.05, 0.1) is 19.8 Å². The lowest BCUT2D eigenvalue weighted by atomic mass is 10.2. The summed E-state index contributed by atoms with van der Waals surface area (Å²) in [5, 5.41) is 3.42. The van der Waals surface area contributed by atoms with Gasteiger partial charge in [0.1, 0.15) is 0 Å². The zero-order valence-electron chi connectivity index (χ0n) is 11.4. The molecule has 0 radical (unpaired) electrons. The van der Waals surface area contributed by atoms with Crippen molar-refractivity contribution in [2.45, 2.75) is 20.3 Å². The van der Waals surface area contributed by atoms with Crippen LogP contribution in [0, 0.1) is 5.92 Å². The van der Waals surface area contributed by atoms with E-state index in [4.69, 9.17) is 9.47 Å². The van der Waals surface area contributed by atoms with Gasteiger partial charge in [0.25, 0.3) is 0 Å². The van der Waals surface area contributed by atoms with Gasteiger partial charge < -0.3 is 14.8 Å². The topological polar surface area (TPSA) is 33.7 Å². The lowest BCUT2D eigenvalue weighted by Crippen LogP contribution is -2.37. The fraction of sp³-hybridized carbons (Fsp3) is 1.00. The SMILES string of the molecule is CC(C)COCCNCCCN1CCOCC1. The number of rotatable bonds is 9. The van der Waals surface area contributed by atoms with Gasteiger partial charge in [-0.15, -0.1) is 0 Å². The van der Waals surface area contributed by atoms with Crippen molar-refractivity contribution in [2.75, 3.05) is 59.2 Å². The second-order valence-electron chi connectivity index (χ2n) is 5.03. The van der Waals surface area contributed by atoms with Crippen LogP contribution >= 0.6 is 0 Å². The molecule has 1 saturated heterocycles. The molecule has 1 N–H and O–H groups in total. The summed E-state index contributed by atoms with van der Waals surface area (Å²) in [6.07, 6.45) is 1.21. The van der Waals surface area contributed by atoms with Crippen molar-refractivity contribution in [2.24, 2.45) is 5.92 Å². The van der Waals surface area contributed by atoms with E-state index in [1.807, 2.05) is 0 Å². The number of hydrogen-bond acceptors (Lipinski definition) is 4. The molecule has 1 aliphatic heterocycles. The largest absolute Gasteiger partial charge is 0.380 e. The van der Waals surface area contributed by atoms with Crippen LogP contribution in [0.1, 0.15) is 20.3 Å². The van der Waals surface area contributed by atoms with E-state index in [-0.39, 0.29) is 0 Å². The molecule has 0 aromatic heterocycles. The molecule has 0 aliphatic carbocycles. The van der Waals surface area contributed by atoms with Gasteiger partial charge in [-0.1, -0.05) is 13.8 Å². The van der Waals surface area contributed by atoms with Gasteiger partial charge in [0.15, 0.2) is 0 Å². The molecule has 4 heteroatoms. The number of morpholine rings is 1. The van der Waals surface area contributed by atoms with Crippen LogP contribution in [0.25, 0.3) is 0 Å². The first-order valence-electron chi connectivity index (χ1n) is 6.87. The molecule has 0 saturated carbocycles. The van der Waals surface area contributed by atoms with Crippen molar-refractivity contribution >= 4 is 0 Å². The van der Waals surface area contributed by atoms with Crippen LogP contribution in [0.15, 0.2) is 0 Å². The molecule has 1 heterocycles. The summed E-state index contributed by atoms with van der Waals surface area (Å²) in [4.78, 5) is 2.47. The maximum Gasteiger partial charge on any atom is 0.0594 e. The molecular weight excluding hydrogens is 216 g/mol. The Morgan fingerprint density at radius 2 is 2.00 bits per heavy atom. The van der Waals surface area contributed by atoms with E-state index in [2.05, 4.69) is 24.1 Å². The monoisotopic (exact) mass is 244 g/mol. The van der Waals surface area contributed by atoms with Gasteiger partial charge in [0.2, 0.25) is 0 Å². The standard InChI is InChI=1S/C13H28N2O2/c1-13(2)12-17-9-5-14-4-3-6-15-7-10-16-11-8-15/h13-14H,3-12H2,1-2H3. The van der Waals surface area contributed by atoms with Crippen LogP contribution in [-0.2, 0) is 9.47 Å². The van der Waals surface area contributed by atoms with Gasteiger partial charge in [-0.3, -0.25) is 4.90 Å². The molecule has 17 heavy (non-hydrogen) atoms. The Hall–Kier alpha value is -0.160. The van der Waals surface area contributed by atoms with Gasteiger partial charge in [-0.2, -0.15) is 0 Å². The Bertz CT molecular complexity index is 171. The van der Waals surface area contributed by atoms with E-state index in [1.165, 1.54) is 13.0 Å². The van der Waals surface area contributed by atoms with Gasteiger partial charge in [-0.05, 0) is 25.4 Å². The van der Waals surface area contributed by atoms with Gasteiger partial charge in [-0.25, -0.2) is 0 Å². The van der Waals surface area contributed by atoms with Crippen molar-refractivity contribution < 1.29 is 9.47 Å². The Kier molecular flexibility index (Phi) is 8.61. The Labute approximate surface area is 106 Å². The number of nitrogens with one attached hydrogen (secondary N) is 1. The average molecular weight is 244 g/mol. The first-order valence-corrected chi connectivity index (χ1v) is 6.87. The third-order valence-corrected chi connectivity index (χ3v) is 2.81. The van der Waals surface area contributed by atoms with Crippen molar-refractivity contribution in [3.63, 3.8) is 0 Å². The zero-order valence-corrected chi connectivity index (χ0v) is 11.4. The maximum atomic E-state index is 5.50. The minimum atomic E-state index is 0.635. The number of nitrogens with zero attached hydrogens (tertiary/aromatic N) is 1. The van der Waals surface area contributed by atoms with Crippen molar-refractivity contribution in [3.8, 4) is 0 Å². The molecule has 0 bridgehead atoms. The fourth-order valence-corrected chi connectivity index (χ4v) is 1.84. The second-order valence-corrected chi connectivity index (χ2v) is 5.03. The maximum absolute atomic E-state index is 5.50. The zero-order chi connectivity index (χ0) is 12.3. The summed E-state index contributed by atoms with van der Waals surface area (Å²) >= 11 is 0. The highest BCUT2D eigenvalue weighted by Crippen LogP contribution is 1.97. The van der Waals surface area contributed by atoms with Gasteiger partial charge >= 0.3 is 0 Å². The summed E-state index contributed by atoms with van der Waals surface area (Å²) in [7, 11) is 0. The lowest BCUT2D eigenvalue weighted by Gasteiger charge is -2.26. The van der Waals surface area contributed by atoms with Crippen LogP contribution in [0.2, 0.25) is 0 Å². The average Bonchev–Trinajstić information content (AvgIpc) is 2.33.